The maximum Gasteiger partial charge on any atom is 0.0816 e. The lowest BCUT2D eigenvalue weighted by Crippen LogP contribution is -2.21. The van der Waals surface area contributed by atoms with Crippen molar-refractivity contribution in [3.8, 4) is 0 Å². The Morgan fingerprint density at radius 2 is 1.62 bits per heavy atom. The Hall–Kier alpha value is -0.160. The molecule has 0 aromatic carbocycles. The monoisotopic (exact) mass is 191 g/mol. The summed E-state index contributed by atoms with van der Waals surface area (Å²) in [6.07, 6.45) is 4.16. The molecule has 0 aliphatic rings. The first-order chi connectivity index (χ1) is 6.02. The van der Waals surface area contributed by atoms with Gasteiger partial charge >= 0.3 is 0 Å². The second-order valence-corrected chi connectivity index (χ2v) is 3.85. The van der Waals surface area contributed by atoms with Crippen LogP contribution in [-0.2, 0) is 4.84 Å². The van der Waals surface area contributed by atoms with Crippen LogP contribution in [0.1, 0.15) is 46.5 Å². The van der Waals surface area contributed by atoms with Gasteiger partial charge in [-0.1, -0.05) is 33.1 Å². The van der Waals surface area contributed by atoms with Crippen molar-refractivity contribution >= 4 is 0 Å². The van der Waals surface area contributed by atoms with Crippen LogP contribution in [0.2, 0.25) is 0 Å². The number of nitrogens with zero attached hydrogens (tertiary/aromatic N) is 1. The van der Waals surface area contributed by atoms with Crippen LogP contribution >= 0.6 is 0 Å². The molecule has 0 aromatic heterocycles. The molecule has 0 fully saturated rings. The molecule has 13 heavy (non-hydrogen) atoms. The zero-order chi connectivity index (χ0) is 10.3. The van der Waals surface area contributed by atoms with Crippen LogP contribution in [0.3, 0.4) is 0 Å². The summed E-state index contributed by atoms with van der Waals surface area (Å²) < 4.78 is 0. The van der Waals surface area contributed by atoms with E-state index in [1.165, 1.54) is 12.8 Å². The molecule has 4 heteroatoms. The molecule has 0 spiro atoms. The van der Waals surface area contributed by atoms with Gasteiger partial charge in [-0.3, -0.25) is 10.4 Å². The SMILES string of the molecule is CC(C)CCCC[C@@H](C)ON(O)O. The normalized spacial score (nSPS) is 14.1. The minimum Gasteiger partial charge on any atom is -0.266 e. The van der Waals surface area contributed by atoms with Crippen molar-refractivity contribution in [3.05, 3.63) is 0 Å². The topological polar surface area (TPSA) is 52.9 Å². The van der Waals surface area contributed by atoms with Gasteiger partial charge in [-0.15, -0.1) is 0 Å². The van der Waals surface area contributed by atoms with Crippen molar-refractivity contribution in [2.45, 2.75) is 52.6 Å². The molecule has 4 nitrogen and oxygen atoms in total. The van der Waals surface area contributed by atoms with E-state index in [9.17, 15) is 0 Å². The third-order valence-corrected chi connectivity index (χ3v) is 1.92. The molecule has 0 heterocycles. The van der Waals surface area contributed by atoms with E-state index in [2.05, 4.69) is 18.7 Å². The van der Waals surface area contributed by atoms with Crippen molar-refractivity contribution in [1.29, 1.82) is 0 Å². The fraction of sp³-hybridized carbons (Fsp3) is 1.00. The Balaban J connectivity index is 3.22. The van der Waals surface area contributed by atoms with Crippen LogP contribution in [0.4, 0.5) is 0 Å². The van der Waals surface area contributed by atoms with Gasteiger partial charge in [0.25, 0.3) is 0 Å². The van der Waals surface area contributed by atoms with Crippen molar-refractivity contribution < 1.29 is 15.3 Å². The molecule has 0 aliphatic heterocycles. The largest absolute Gasteiger partial charge is 0.266 e. The minimum atomic E-state index is -0.215. The summed E-state index contributed by atoms with van der Waals surface area (Å²) in [6, 6.07) is 0. The van der Waals surface area contributed by atoms with E-state index in [-0.39, 0.29) is 11.5 Å². The zero-order valence-electron chi connectivity index (χ0n) is 8.73. The smallest absolute Gasteiger partial charge is 0.0816 e. The lowest BCUT2D eigenvalue weighted by atomic mass is 10.0. The molecule has 0 aliphatic carbocycles. The van der Waals surface area contributed by atoms with Gasteiger partial charge in [-0.05, 0) is 19.3 Å². The first-order valence-electron chi connectivity index (χ1n) is 4.87. The van der Waals surface area contributed by atoms with Gasteiger partial charge in [0.05, 0.1) is 11.5 Å². The summed E-state index contributed by atoms with van der Waals surface area (Å²) in [5.74, 6) is 0.739. The molecule has 0 amide bonds. The van der Waals surface area contributed by atoms with Gasteiger partial charge in [0.15, 0.2) is 0 Å². The zero-order valence-corrected chi connectivity index (χ0v) is 8.73. The first kappa shape index (κ1) is 12.8. The Kier molecular flexibility index (Phi) is 7.17. The van der Waals surface area contributed by atoms with Gasteiger partial charge in [0.2, 0.25) is 0 Å². The quantitative estimate of drug-likeness (QED) is 0.479. The van der Waals surface area contributed by atoms with Crippen LogP contribution in [0.5, 0.6) is 0 Å². The molecule has 0 unspecified atom stereocenters. The van der Waals surface area contributed by atoms with E-state index in [1.807, 2.05) is 6.92 Å². The van der Waals surface area contributed by atoms with Crippen LogP contribution in [-0.4, -0.2) is 21.9 Å². The molecule has 2 N–H and O–H groups in total. The third-order valence-electron chi connectivity index (χ3n) is 1.92. The van der Waals surface area contributed by atoms with E-state index in [0.717, 1.165) is 18.8 Å². The van der Waals surface area contributed by atoms with Gasteiger partial charge in [0, 0.05) is 0 Å². The Morgan fingerprint density at radius 3 is 2.08 bits per heavy atom. The Morgan fingerprint density at radius 1 is 1.08 bits per heavy atom. The van der Waals surface area contributed by atoms with Gasteiger partial charge in [-0.25, -0.2) is 4.84 Å². The van der Waals surface area contributed by atoms with Crippen molar-refractivity contribution in [3.63, 3.8) is 0 Å². The van der Waals surface area contributed by atoms with Crippen molar-refractivity contribution in [2.24, 2.45) is 5.92 Å². The molecule has 0 saturated heterocycles. The summed E-state index contributed by atoms with van der Waals surface area (Å²) in [4.78, 5) is 4.60. The highest BCUT2D eigenvalue weighted by Crippen LogP contribution is 2.11. The maximum atomic E-state index is 8.33. The van der Waals surface area contributed by atoms with E-state index in [4.69, 9.17) is 10.4 Å². The maximum absolute atomic E-state index is 8.33. The van der Waals surface area contributed by atoms with E-state index < -0.39 is 0 Å². The Bertz CT molecular complexity index is 117. The standard InChI is InChI=1S/C9H21NO3/c1-8(2)6-4-5-7-9(3)13-10(11)12/h8-9,11-12H,4-7H2,1-3H3/t9-/m1/s1. The molecule has 0 saturated carbocycles. The van der Waals surface area contributed by atoms with E-state index in [1.54, 1.807) is 0 Å². The lowest BCUT2D eigenvalue weighted by Gasteiger charge is -2.13. The Labute approximate surface area is 80.0 Å². The van der Waals surface area contributed by atoms with Crippen LogP contribution in [0.15, 0.2) is 0 Å². The van der Waals surface area contributed by atoms with E-state index in [0.29, 0.717) is 0 Å². The summed E-state index contributed by atoms with van der Waals surface area (Å²) in [7, 11) is 0. The number of hydrogen-bond donors (Lipinski definition) is 2. The predicted molar refractivity (Wildman–Crippen MR) is 49.3 cm³/mol. The summed E-state index contributed by atoms with van der Waals surface area (Å²) >= 11 is 0. The van der Waals surface area contributed by atoms with Gasteiger partial charge in [0.1, 0.15) is 0 Å². The summed E-state index contributed by atoms with van der Waals surface area (Å²) in [5, 5.41) is 16.5. The predicted octanol–water partition coefficient (Wildman–Crippen LogP) is 2.60. The molecular formula is C9H21NO3. The number of rotatable bonds is 7. The van der Waals surface area contributed by atoms with Crippen molar-refractivity contribution in [1.82, 2.24) is 5.39 Å². The van der Waals surface area contributed by atoms with Crippen molar-refractivity contribution in [2.75, 3.05) is 0 Å². The third kappa shape index (κ3) is 9.76. The van der Waals surface area contributed by atoms with Crippen LogP contribution in [0.25, 0.3) is 0 Å². The molecule has 0 radical (unpaired) electrons. The summed E-state index contributed by atoms with van der Waals surface area (Å²) in [6.45, 7) is 6.21. The lowest BCUT2D eigenvalue weighted by molar-refractivity contribution is -0.503. The van der Waals surface area contributed by atoms with Crippen LogP contribution < -0.4 is 0 Å². The van der Waals surface area contributed by atoms with Crippen LogP contribution in [0, 0.1) is 5.92 Å². The number of unbranched alkanes of at least 4 members (excludes halogenated alkanes) is 1. The average Bonchev–Trinajstić information content (AvgIpc) is 1.96. The highest BCUT2D eigenvalue weighted by molar-refractivity contribution is 4.51. The highest BCUT2D eigenvalue weighted by Gasteiger charge is 2.05. The fourth-order valence-corrected chi connectivity index (χ4v) is 1.20. The molecule has 0 rings (SSSR count). The molecule has 1 atom stereocenters. The van der Waals surface area contributed by atoms with Gasteiger partial charge < -0.3 is 0 Å². The average molecular weight is 191 g/mol. The molecular weight excluding hydrogens is 170 g/mol. The second-order valence-electron chi connectivity index (χ2n) is 3.85. The first-order valence-corrected chi connectivity index (χ1v) is 4.87. The highest BCUT2D eigenvalue weighted by atomic mass is 17.1. The second kappa shape index (κ2) is 7.26. The van der Waals surface area contributed by atoms with Gasteiger partial charge in [-0.2, -0.15) is 0 Å². The summed E-state index contributed by atoms with van der Waals surface area (Å²) in [5.41, 5.74) is 0. The minimum absolute atomic E-state index is 0.137. The molecule has 80 valence electrons. The van der Waals surface area contributed by atoms with E-state index >= 15 is 0 Å². The molecule has 0 aromatic rings. The number of hydrogen-bond acceptors (Lipinski definition) is 4. The molecule has 0 bridgehead atoms. The fourth-order valence-electron chi connectivity index (χ4n) is 1.20.